The summed E-state index contributed by atoms with van der Waals surface area (Å²) in [5, 5.41) is 22.6. The van der Waals surface area contributed by atoms with Gasteiger partial charge in [0.2, 0.25) is 0 Å². The molecule has 0 spiro atoms. The number of carboxylic acids is 1. The Balaban J connectivity index is 2.52. The maximum atomic E-state index is 11.3. The quantitative estimate of drug-likeness (QED) is 0.762. The number of aryl methyl sites for hydroxylation is 1. The first kappa shape index (κ1) is 14.8. The highest BCUT2D eigenvalue weighted by Gasteiger charge is 2.16. The molecule has 0 aliphatic heterocycles. The van der Waals surface area contributed by atoms with E-state index in [1.54, 1.807) is 25.1 Å². The fourth-order valence-electron chi connectivity index (χ4n) is 1.56. The van der Waals surface area contributed by atoms with Crippen LogP contribution in [-0.4, -0.2) is 21.3 Å². The molecule has 0 aliphatic rings. The standard InChI is InChI=1S/C13H9Br2NO4/c1-6-2-11(20-16-6)8(13(18)19)3-7-4-9(14)12(17)10(15)5-7/h2-5,17H,1H3,(H,18,19). The number of carboxylic acid groups (broad SMARTS) is 1. The number of benzene rings is 1. The summed E-state index contributed by atoms with van der Waals surface area (Å²) < 4.78 is 5.88. The highest BCUT2D eigenvalue weighted by molar-refractivity contribution is 9.11. The zero-order valence-electron chi connectivity index (χ0n) is 10.2. The fourth-order valence-corrected chi connectivity index (χ4v) is 2.79. The molecule has 2 aromatic rings. The molecule has 0 fully saturated rings. The number of hydrogen-bond acceptors (Lipinski definition) is 4. The van der Waals surface area contributed by atoms with Gasteiger partial charge in [-0.05, 0) is 62.6 Å². The third-order valence-corrected chi connectivity index (χ3v) is 3.68. The van der Waals surface area contributed by atoms with Gasteiger partial charge in [0.1, 0.15) is 11.3 Å². The van der Waals surface area contributed by atoms with Crippen molar-refractivity contribution in [1.82, 2.24) is 5.16 Å². The van der Waals surface area contributed by atoms with Crippen LogP contribution < -0.4 is 0 Å². The number of rotatable bonds is 3. The van der Waals surface area contributed by atoms with E-state index in [0.717, 1.165) is 0 Å². The van der Waals surface area contributed by atoms with E-state index in [0.29, 0.717) is 20.2 Å². The zero-order chi connectivity index (χ0) is 14.9. The zero-order valence-corrected chi connectivity index (χ0v) is 13.4. The topological polar surface area (TPSA) is 83.6 Å². The first-order valence-electron chi connectivity index (χ1n) is 5.45. The molecular weight excluding hydrogens is 394 g/mol. The third kappa shape index (κ3) is 3.10. The molecule has 0 saturated heterocycles. The number of phenolic OH excluding ortho intramolecular Hbond substituents is 1. The van der Waals surface area contributed by atoms with Gasteiger partial charge < -0.3 is 14.7 Å². The van der Waals surface area contributed by atoms with E-state index in [1.165, 1.54) is 6.08 Å². The molecule has 1 aromatic carbocycles. The lowest BCUT2D eigenvalue weighted by Gasteiger charge is -2.03. The van der Waals surface area contributed by atoms with E-state index in [-0.39, 0.29) is 17.1 Å². The van der Waals surface area contributed by atoms with Crippen molar-refractivity contribution in [3.05, 3.63) is 44.2 Å². The number of carbonyl (C=O) groups is 1. The first-order chi connectivity index (χ1) is 9.38. The Labute approximate surface area is 131 Å². The van der Waals surface area contributed by atoms with E-state index in [1.807, 2.05) is 0 Å². The predicted molar refractivity (Wildman–Crippen MR) is 80.3 cm³/mol. The predicted octanol–water partition coefficient (Wildman–Crippen LogP) is 3.84. The van der Waals surface area contributed by atoms with Gasteiger partial charge in [0, 0.05) is 6.07 Å². The minimum absolute atomic E-state index is 0.0184. The van der Waals surface area contributed by atoms with Gasteiger partial charge >= 0.3 is 5.97 Å². The first-order valence-corrected chi connectivity index (χ1v) is 7.04. The van der Waals surface area contributed by atoms with Crippen molar-refractivity contribution in [2.75, 3.05) is 0 Å². The maximum absolute atomic E-state index is 11.3. The van der Waals surface area contributed by atoms with Crippen LogP contribution >= 0.6 is 31.9 Å². The molecule has 20 heavy (non-hydrogen) atoms. The second kappa shape index (κ2) is 5.80. The van der Waals surface area contributed by atoms with Gasteiger partial charge in [-0.25, -0.2) is 4.79 Å². The molecule has 0 unspecified atom stereocenters. The number of aromatic nitrogens is 1. The van der Waals surface area contributed by atoms with Gasteiger partial charge in [-0.1, -0.05) is 5.16 Å². The van der Waals surface area contributed by atoms with Gasteiger partial charge in [0.15, 0.2) is 5.76 Å². The smallest absolute Gasteiger partial charge is 0.339 e. The van der Waals surface area contributed by atoms with Crippen molar-refractivity contribution in [2.45, 2.75) is 6.92 Å². The number of halogens is 2. The largest absolute Gasteiger partial charge is 0.506 e. The van der Waals surface area contributed by atoms with Crippen molar-refractivity contribution in [2.24, 2.45) is 0 Å². The Bertz CT molecular complexity index is 683. The molecule has 2 rings (SSSR count). The third-order valence-electron chi connectivity index (χ3n) is 2.47. The van der Waals surface area contributed by atoms with Crippen LogP contribution in [0.25, 0.3) is 11.6 Å². The highest BCUT2D eigenvalue weighted by atomic mass is 79.9. The molecular formula is C13H9Br2NO4. The van der Waals surface area contributed by atoms with Crippen molar-refractivity contribution >= 4 is 49.5 Å². The molecule has 0 radical (unpaired) electrons. The number of aromatic hydroxyl groups is 1. The van der Waals surface area contributed by atoms with Crippen molar-refractivity contribution < 1.29 is 19.5 Å². The lowest BCUT2D eigenvalue weighted by molar-refractivity contribution is -0.130. The molecule has 1 heterocycles. The molecule has 0 atom stereocenters. The Morgan fingerprint density at radius 1 is 1.30 bits per heavy atom. The van der Waals surface area contributed by atoms with Crippen molar-refractivity contribution in [3.8, 4) is 5.75 Å². The van der Waals surface area contributed by atoms with Crippen LogP contribution in [-0.2, 0) is 4.79 Å². The van der Waals surface area contributed by atoms with Crippen LogP contribution in [0.3, 0.4) is 0 Å². The molecule has 104 valence electrons. The van der Waals surface area contributed by atoms with E-state index >= 15 is 0 Å². The summed E-state index contributed by atoms with van der Waals surface area (Å²) in [7, 11) is 0. The van der Waals surface area contributed by atoms with Crippen LogP contribution in [0.15, 0.2) is 31.7 Å². The average molecular weight is 403 g/mol. The number of phenols is 1. The number of hydrogen-bond donors (Lipinski definition) is 2. The van der Waals surface area contributed by atoms with Crippen molar-refractivity contribution in [3.63, 3.8) is 0 Å². The van der Waals surface area contributed by atoms with Crippen LogP contribution in [0, 0.1) is 6.92 Å². The van der Waals surface area contributed by atoms with Gasteiger partial charge in [-0.2, -0.15) is 0 Å². The second-order valence-corrected chi connectivity index (χ2v) is 5.74. The summed E-state index contributed by atoms with van der Waals surface area (Å²) in [5.74, 6) is -0.897. The Kier molecular flexibility index (Phi) is 4.29. The van der Waals surface area contributed by atoms with Gasteiger partial charge in [0.05, 0.1) is 14.6 Å². The Hall–Kier alpha value is -1.60. The molecule has 0 bridgehead atoms. The lowest BCUT2D eigenvalue weighted by atomic mass is 10.1. The minimum atomic E-state index is -1.12. The van der Waals surface area contributed by atoms with E-state index in [2.05, 4.69) is 37.0 Å². The summed E-state index contributed by atoms with van der Waals surface area (Å²) >= 11 is 6.38. The van der Waals surface area contributed by atoms with Crippen LogP contribution in [0.4, 0.5) is 0 Å². The van der Waals surface area contributed by atoms with E-state index < -0.39 is 5.97 Å². The van der Waals surface area contributed by atoms with Crippen LogP contribution in [0.2, 0.25) is 0 Å². The van der Waals surface area contributed by atoms with E-state index in [4.69, 9.17) is 4.52 Å². The molecule has 1 aromatic heterocycles. The molecule has 0 saturated carbocycles. The molecule has 2 N–H and O–H groups in total. The summed E-state index contributed by atoms with van der Waals surface area (Å²) in [6, 6.07) is 4.75. The normalized spacial score (nSPS) is 11.7. The summed E-state index contributed by atoms with van der Waals surface area (Å²) in [6.45, 7) is 1.71. The number of nitrogens with zero attached hydrogens (tertiary/aromatic N) is 1. The minimum Gasteiger partial charge on any atom is -0.506 e. The lowest BCUT2D eigenvalue weighted by Crippen LogP contribution is -1.98. The molecule has 0 amide bonds. The summed E-state index contributed by atoms with van der Waals surface area (Å²) in [4.78, 5) is 11.3. The van der Waals surface area contributed by atoms with Crippen LogP contribution in [0.5, 0.6) is 5.75 Å². The highest BCUT2D eigenvalue weighted by Crippen LogP contribution is 2.34. The van der Waals surface area contributed by atoms with E-state index in [9.17, 15) is 15.0 Å². The maximum Gasteiger partial charge on any atom is 0.339 e. The summed E-state index contributed by atoms with van der Waals surface area (Å²) in [5.41, 5.74) is 1.17. The second-order valence-electron chi connectivity index (χ2n) is 4.03. The summed E-state index contributed by atoms with van der Waals surface area (Å²) in [6.07, 6.45) is 1.44. The van der Waals surface area contributed by atoms with Crippen molar-refractivity contribution in [1.29, 1.82) is 0 Å². The Morgan fingerprint density at radius 3 is 2.35 bits per heavy atom. The number of aliphatic carboxylic acids is 1. The molecule has 7 heteroatoms. The van der Waals surface area contributed by atoms with Gasteiger partial charge in [0.25, 0.3) is 0 Å². The SMILES string of the molecule is Cc1cc(C(=Cc2cc(Br)c(O)c(Br)c2)C(=O)O)on1. The molecule has 0 aliphatic carbocycles. The average Bonchev–Trinajstić information content (AvgIpc) is 2.79. The van der Waals surface area contributed by atoms with Gasteiger partial charge in [-0.3, -0.25) is 0 Å². The van der Waals surface area contributed by atoms with Gasteiger partial charge in [-0.15, -0.1) is 0 Å². The Morgan fingerprint density at radius 2 is 1.90 bits per heavy atom. The van der Waals surface area contributed by atoms with Crippen LogP contribution in [0.1, 0.15) is 17.0 Å². The fraction of sp³-hybridized carbons (Fsp3) is 0.0769. The monoisotopic (exact) mass is 401 g/mol. The molecule has 5 nitrogen and oxygen atoms in total.